The van der Waals surface area contributed by atoms with Gasteiger partial charge in [0.2, 0.25) is 11.8 Å². The van der Waals surface area contributed by atoms with E-state index in [1.165, 1.54) is 0 Å². The lowest BCUT2D eigenvalue weighted by atomic mass is 9.93. The number of hydrogen-bond donors (Lipinski definition) is 2. The van der Waals surface area contributed by atoms with Crippen molar-refractivity contribution in [2.45, 2.75) is 32.3 Å². The second-order valence-corrected chi connectivity index (χ2v) is 4.53. The Balaban J connectivity index is 2.13. The van der Waals surface area contributed by atoms with Gasteiger partial charge in [-0.3, -0.25) is 20.4 Å². The normalized spacial score (nSPS) is 19.4. The van der Waals surface area contributed by atoms with E-state index in [2.05, 4.69) is 10.9 Å². The van der Waals surface area contributed by atoms with Crippen LogP contribution in [0.5, 0.6) is 5.75 Å². The molecule has 0 spiro atoms. The van der Waals surface area contributed by atoms with Crippen LogP contribution in [0.15, 0.2) is 24.3 Å². The lowest BCUT2D eigenvalue weighted by Gasteiger charge is -2.22. The van der Waals surface area contributed by atoms with Crippen LogP contribution in [0.25, 0.3) is 0 Å². The van der Waals surface area contributed by atoms with Gasteiger partial charge < -0.3 is 4.74 Å². The average molecular weight is 248 g/mol. The minimum absolute atomic E-state index is 0.111. The molecule has 0 aromatic heterocycles. The van der Waals surface area contributed by atoms with Crippen LogP contribution in [-0.2, 0) is 9.59 Å². The molecule has 96 valence electrons. The number of ether oxygens (including phenoxy) is 1. The van der Waals surface area contributed by atoms with Crippen molar-refractivity contribution in [1.29, 1.82) is 0 Å². The summed E-state index contributed by atoms with van der Waals surface area (Å²) >= 11 is 0. The summed E-state index contributed by atoms with van der Waals surface area (Å²) in [4.78, 5) is 22.9. The first kappa shape index (κ1) is 12.4. The van der Waals surface area contributed by atoms with Crippen LogP contribution >= 0.6 is 0 Å². The largest absolute Gasteiger partial charge is 0.491 e. The predicted octanol–water partition coefficient (Wildman–Crippen LogP) is 1.11. The van der Waals surface area contributed by atoms with Gasteiger partial charge in [-0.05, 0) is 31.5 Å². The maximum absolute atomic E-state index is 11.6. The molecule has 1 atom stereocenters. The minimum Gasteiger partial charge on any atom is -0.491 e. The summed E-state index contributed by atoms with van der Waals surface area (Å²) in [7, 11) is 0. The van der Waals surface area contributed by atoms with E-state index in [9.17, 15) is 9.59 Å². The fourth-order valence-electron chi connectivity index (χ4n) is 1.87. The second kappa shape index (κ2) is 5.08. The first-order valence-corrected chi connectivity index (χ1v) is 5.91. The topological polar surface area (TPSA) is 67.4 Å². The maximum atomic E-state index is 11.6. The zero-order chi connectivity index (χ0) is 13.1. The first-order chi connectivity index (χ1) is 8.56. The highest BCUT2D eigenvalue weighted by Gasteiger charge is 2.28. The number of benzene rings is 1. The molecule has 2 amide bonds. The Morgan fingerprint density at radius 3 is 2.44 bits per heavy atom. The van der Waals surface area contributed by atoms with Crippen LogP contribution in [0.1, 0.15) is 31.7 Å². The standard InChI is InChI=1S/C13H16N2O3/c1-8(2)18-10-5-3-9(4-6-10)11-7-12(16)14-15-13(11)17/h3-6,8,11H,7H2,1-2H3,(H,14,16)(H,15,17). The quantitative estimate of drug-likeness (QED) is 0.842. The molecule has 1 aliphatic rings. The molecule has 1 fully saturated rings. The number of hydrogen-bond acceptors (Lipinski definition) is 3. The van der Waals surface area contributed by atoms with Gasteiger partial charge in [-0.15, -0.1) is 0 Å². The van der Waals surface area contributed by atoms with Crippen LogP contribution in [0.2, 0.25) is 0 Å². The molecule has 1 heterocycles. The molecule has 18 heavy (non-hydrogen) atoms. The molecule has 0 saturated carbocycles. The molecule has 1 aliphatic heterocycles. The summed E-state index contributed by atoms with van der Waals surface area (Å²) in [6.45, 7) is 3.90. The van der Waals surface area contributed by atoms with Crippen LogP contribution in [-0.4, -0.2) is 17.9 Å². The highest BCUT2D eigenvalue weighted by molar-refractivity contribution is 5.94. The maximum Gasteiger partial charge on any atom is 0.246 e. The Labute approximate surface area is 105 Å². The van der Waals surface area contributed by atoms with Crippen molar-refractivity contribution in [3.63, 3.8) is 0 Å². The number of carbonyl (C=O) groups is 2. The van der Waals surface area contributed by atoms with Gasteiger partial charge in [-0.2, -0.15) is 0 Å². The van der Waals surface area contributed by atoms with E-state index in [0.717, 1.165) is 11.3 Å². The van der Waals surface area contributed by atoms with Gasteiger partial charge in [-0.25, -0.2) is 0 Å². The van der Waals surface area contributed by atoms with E-state index in [4.69, 9.17) is 4.74 Å². The first-order valence-electron chi connectivity index (χ1n) is 5.91. The van der Waals surface area contributed by atoms with Crippen molar-refractivity contribution in [2.24, 2.45) is 0 Å². The smallest absolute Gasteiger partial charge is 0.246 e. The highest BCUT2D eigenvalue weighted by atomic mass is 16.5. The Kier molecular flexibility index (Phi) is 3.50. The summed E-state index contributed by atoms with van der Waals surface area (Å²) in [6, 6.07) is 7.27. The lowest BCUT2D eigenvalue weighted by Crippen LogP contribution is -2.50. The van der Waals surface area contributed by atoms with Gasteiger partial charge in [0.1, 0.15) is 5.75 Å². The van der Waals surface area contributed by atoms with Crippen LogP contribution < -0.4 is 15.6 Å². The zero-order valence-corrected chi connectivity index (χ0v) is 10.4. The van der Waals surface area contributed by atoms with Crippen molar-refractivity contribution in [2.75, 3.05) is 0 Å². The summed E-state index contributed by atoms with van der Waals surface area (Å²) in [6.07, 6.45) is 0.288. The lowest BCUT2D eigenvalue weighted by molar-refractivity contribution is -0.135. The summed E-state index contributed by atoms with van der Waals surface area (Å²) in [5.74, 6) is -0.0319. The van der Waals surface area contributed by atoms with Crippen molar-refractivity contribution >= 4 is 11.8 Å². The Morgan fingerprint density at radius 2 is 1.83 bits per heavy atom. The molecule has 0 aliphatic carbocycles. The Hall–Kier alpha value is -2.04. The van der Waals surface area contributed by atoms with Gasteiger partial charge in [0.05, 0.1) is 12.0 Å². The number of amides is 2. The van der Waals surface area contributed by atoms with Crippen LogP contribution in [0, 0.1) is 0 Å². The van der Waals surface area contributed by atoms with Crippen molar-refractivity contribution in [3.05, 3.63) is 29.8 Å². The third kappa shape index (κ3) is 2.80. The number of rotatable bonds is 3. The van der Waals surface area contributed by atoms with E-state index in [0.29, 0.717) is 0 Å². The Bertz CT molecular complexity index is 454. The van der Waals surface area contributed by atoms with E-state index in [-0.39, 0.29) is 24.3 Å². The van der Waals surface area contributed by atoms with Crippen molar-refractivity contribution < 1.29 is 14.3 Å². The van der Waals surface area contributed by atoms with Crippen molar-refractivity contribution in [3.8, 4) is 5.75 Å². The molecule has 5 nitrogen and oxygen atoms in total. The molecule has 0 radical (unpaired) electrons. The zero-order valence-electron chi connectivity index (χ0n) is 10.4. The molecular formula is C13H16N2O3. The average Bonchev–Trinajstić information content (AvgIpc) is 2.33. The molecule has 1 unspecified atom stereocenters. The molecular weight excluding hydrogens is 232 g/mol. The third-order valence-corrected chi connectivity index (χ3v) is 2.69. The van der Waals surface area contributed by atoms with Crippen molar-refractivity contribution in [1.82, 2.24) is 10.9 Å². The fraction of sp³-hybridized carbons (Fsp3) is 0.385. The van der Waals surface area contributed by atoms with E-state index in [1.54, 1.807) is 0 Å². The monoisotopic (exact) mass is 248 g/mol. The van der Waals surface area contributed by atoms with Gasteiger partial charge in [0.15, 0.2) is 0 Å². The second-order valence-electron chi connectivity index (χ2n) is 4.53. The predicted molar refractivity (Wildman–Crippen MR) is 65.8 cm³/mol. The number of hydrazine groups is 1. The number of nitrogens with one attached hydrogen (secondary N) is 2. The van der Waals surface area contributed by atoms with E-state index in [1.807, 2.05) is 38.1 Å². The SMILES string of the molecule is CC(C)Oc1ccc(C2CC(=O)NNC2=O)cc1. The Morgan fingerprint density at radius 1 is 1.17 bits per heavy atom. The highest BCUT2D eigenvalue weighted by Crippen LogP contribution is 2.24. The van der Waals surface area contributed by atoms with E-state index >= 15 is 0 Å². The molecule has 1 aromatic rings. The fourth-order valence-corrected chi connectivity index (χ4v) is 1.87. The molecule has 0 bridgehead atoms. The molecule has 2 N–H and O–H groups in total. The van der Waals surface area contributed by atoms with E-state index < -0.39 is 5.92 Å². The minimum atomic E-state index is -0.424. The number of carbonyl (C=O) groups excluding carboxylic acids is 2. The van der Waals surface area contributed by atoms with Gasteiger partial charge in [0.25, 0.3) is 0 Å². The van der Waals surface area contributed by atoms with Crippen LogP contribution in [0.4, 0.5) is 0 Å². The van der Waals surface area contributed by atoms with Gasteiger partial charge >= 0.3 is 0 Å². The van der Waals surface area contributed by atoms with Crippen LogP contribution in [0.3, 0.4) is 0 Å². The summed E-state index contributed by atoms with van der Waals surface area (Å²) in [5, 5.41) is 0. The summed E-state index contributed by atoms with van der Waals surface area (Å²) in [5.41, 5.74) is 5.48. The summed E-state index contributed by atoms with van der Waals surface area (Å²) < 4.78 is 5.52. The molecule has 5 heteroatoms. The molecule has 2 rings (SSSR count). The third-order valence-electron chi connectivity index (χ3n) is 2.69. The van der Waals surface area contributed by atoms with Gasteiger partial charge in [0, 0.05) is 6.42 Å². The van der Waals surface area contributed by atoms with Gasteiger partial charge in [-0.1, -0.05) is 12.1 Å². The molecule has 1 saturated heterocycles. The molecule has 1 aromatic carbocycles.